The number of rotatable bonds is 6. The summed E-state index contributed by atoms with van der Waals surface area (Å²) in [6.45, 7) is 4.69. The summed E-state index contributed by atoms with van der Waals surface area (Å²) in [6.07, 6.45) is 3.51. The van der Waals surface area contributed by atoms with Gasteiger partial charge >= 0.3 is 0 Å². The van der Waals surface area contributed by atoms with Gasteiger partial charge in [-0.3, -0.25) is 9.69 Å². The van der Waals surface area contributed by atoms with Gasteiger partial charge in [0.2, 0.25) is 5.91 Å². The first-order valence-electron chi connectivity index (χ1n) is 8.73. The van der Waals surface area contributed by atoms with Crippen LogP contribution in [0, 0.1) is 5.41 Å². The molecule has 2 atom stereocenters. The molecule has 2 aliphatic heterocycles. The smallest absolute Gasteiger partial charge is 0.248 e. The third-order valence-corrected chi connectivity index (χ3v) is 6.00. The van der Waals surface area contributed by atoms with Crippen LogP contribution in [0.2, 0.25) is 0 Å². The quantitative estimate of drug-likeness (QED) is 0.787. The van der Waals surface area contributed by atoms with Crippen molar-refractivity contribution in [3.63, 3.8) is 0 Å². The van der Waals surface area contributed by atoms with E-state index in [1.807, 2.05) is 11.3 Å². The lowest BCUT2D eigenvalue weighted by Gasteiger charge is -2.50. The fourth-order valence-corrected chi connectivity index (χ4v) is 4.57. The monoisotopic (exact) mass is 352 g/mol. The van der Waals surface area contributed by atoms with Crippen LogP contribution in [-0.2, 0) is 20.8 Å². The number of nitrogens with zero attached hydrogens (tertiary/aromatic N) is 2. The van der Waals surface area contributed by atoms with E-state index < -0.39 is 0 Å². The number of piperidine rings is 1. The fraction of sp³-hybridized carbons (Fsp3) is 0.722. The van der Waals surface area contributed by atoms with Crippen molar-refractivity contribution in [1.82, 2.24) is 9.80 Å². The maximum Gasteiger partial charge on any atom is 0.248 e. The van der Waals surface area contributed by atoms with E-state index in [0.717, 1.165) is 45.5 Å². The molecule has 0 aliphatic carbocycles. The first-order valence-corrected chi connectivity index (χ1v) is 9.61. The number of carbonyl (C=O) groups is 1. The average Bonchev–Trinajstić information content (AvgIpc) is 3.07. The van der Waals surface area contributed by atoms with Gasteiger partial charge in [-0.2, -0.15) is 0 Å². The third kappa shape index (κ3) is 4.17. The number of likely N-dealkylation sites (N-methyl/N-ethyl adjacent to an activating group) is 1. The number of hydrogen-bond acceptors (Lipinski definition) is 5. The van der Waals surface area contributed by atoms with E-state index >= 15 is 0 Å². The second-order valence-electron chi connectivity index (χ2n) is 7.19. The van der Waals surface area contributed by atoms with E-state index in [-0.39, 0.29) is 24.0 Å². The molecule has 0 aromatic carbocycles. The molecule has 2 unspecified atom stereocenters. The zero-order valence-electron chi connectivity index (χ0n) is 14.7. The van der Waals surface area contributed by atoms with Gasteiger partial charge < -0.3 is 14.4 Å². The second-order valence-corrected chi connectivity index (χ2v) is 8.22. The SMILES string of the molecule is CN(C)C(=O)COCC12CCCOC1CCN(Cc1cccs1)C2. The molecule has 24 heavy (non-hydrogen) atoms. The summed E-state index contributed by atoms with van der Waals surface area (Å²) in [6, 6.07) is 4.31. The molecule has 2 fully saturated rings. The standard InChI is InChI=1S/C18H28N2O3S/c1-19(2)17(21)12-22-14-18-7-4-9-23-16(18)6-8-20(13-18)11-15-5-3-10-24-15/h3,5,10,16H,4,6-9,11-14H2,1-2H3. The molecule has 0 spiro atoms. The van der Waals surface area contributed by atoms with Crippen molar-refractivity contribution in [2.24, 2.45) is 5.41 Å². The van der Waals surface area contributed by atoms with Crippen molar-refractivity contribution >= 4 is 17.2 Å². The van der Waals surface area contributed by atoms with Crippen molar-refractivity contribution < 1.29 is 14.3 Å². The minimum absolute atomic E-state index is 0.0194. The molecule has 0 bridgehead atoms. The number of fused-ring (bicyclic) bond motifs is 1. The van der Waals surface area contributed by atoms with Gasteiger partial charge in [0.25, 0.3) is 0 Å². The van der Waals surface area contributed by atoms with Crippen LogP contribution in [0.25, 0.3) is 0 Å². The van der Waals surface area contributed by atoms with E-state index in [0.29, 0.717) is 6.61 Å². The number of carbonyl (C=O) groups excluding carboxylic acids is 1. The number of likely N-dealkylation sites (tertiary alicyclic amines) is 1. The number of amides is 1. The summed E-state index contributed by atoms with van der Waals surface area (Å²) < 4.78 is 11.9. The van der Waals surface area contributed by atoms with Gasteiger partial charge in [0.05, 0.1) is 12.7 Å². The number of ether oxygens (including phenoxy) is 2. The highest BCUT2D eigenvalue weighted by atomic mass is 32.1. The minimum atomic E-state index is 0.0194. The molecule has 2 aliphatic rings. The lowest BCUT2D eigenvalue weighted by atomic mass is 9.73. The highest BCUT2D eigenvalue weighted by molar-refractivity contribution is 7.09. The van der Waals surface area contributed by atoms with Crippen LogP contribution in [0.1, 0.15) is 24.1 Å². The van der Waals surface area contributed by atoms with Gasteiger partial charge in [0, 0.05) is 50.6 Å². The Morgan fingerprint density at radius 3 is 3.17 bits per heavy atom. The molecular formula is C18H28N2O3S. The van der Waals surface area contributed by atoms with Gasteiger partial charge in [-0.05, 0) is 30.7 Å². The third-order valence-electron chi connectivity index (χ3n) is 5.14. The van der Waals surface area contributed by atoms with Gasteiger partial charge in [0.1, 0.15) is 6.61 Å². The number of thiophene rings is 1. The summed E-state index contributed by atoms with van der Waals surface area (Å²) in [5, 5.41) is 2.14. The first-order chi connectivity index (χ1) is 11.6. The van der Waals surface area contributed by atoms with Gasteiger partial charge in [0.15, 0.2) is 0 Å². The van der Waals surface area contributed by atoms with Crippen molar-refractivity contribution in [3.8, 4) is 0 Å². The molecule has 134 valence electrons. The number of hydrogen-bond donors (Lipinski definition) is 0. The van der Waals surface area contributed by atoms with Gasteiger partial charge in [-0.1, -0.05) is 6.07 Å². The molecule has 1 aromatic heterocycles. The van der Waals surface area contributed by atoms with Crippen molar-refractivity contribution in [2.75, 3.05) is 47.0 Å². The zero-order chi connectivity index (χ0) is 17.0. The van der Waals surface area contributed by atoms with Crippen molar-refractivity contribution in [3.05, 3.63) is 22.4 Å². The molecule has 1 amide bonds. The van der Waals surface area contributed by atoms with Crippen molar-refractivity contribution in [1.29, 1.82) is 0 Å². The lowest BCUT2D eigenvalue weighted by molar-refractivity contribution is -0.160. The predicted molar refractivity (Wildman–Crippen MR) is 95.1 cm³/mol. The van der Waals surface area contributed by atoms with Crippen LogP contribution in [0.15, 0.2) is 17.5 Å². The van der Waals surface area contributed by atoms with Crippen LogP contribution in [0.5, 0.6) is 0 Å². The molecule has 5 nitrogen and oxygen atoms in total. The Labute approximate surface area is 148 Å². The molecular weight excluding hydrogens is 324 g/mol. The average molecular weight is 352 g/mol. The van der Waals surface area contributed by atoms with E-state index in [1.54, 1.807) is 19.0 Å². The van der Waals surface area contributed by atoms with Crippen LogP contribution < -0.4 is 0 Å². The lowest BCUT2D eigenvalue weighted by Crippen LogP contribution is -2.56. The van der Waals surface area contributed by atoms with Gasteiger partial charge in [-0.15, -0.1) is 11.3 Å². The van der Waals surface area contributed by atoms with Crippen LogP contribution >= 0.6 is 11.3 Å². The van der Waals surface area contributed by atoms with Crippen molar-refractivity contribution in [2.45, 2.75) is 31.9 Å². The Morgan fingerprint density at radius 2 is 2.42 bits per heavy atom. The second kappa shape index (κ2) is 7.95. The van der Waals surface area contributed by atoms with E-state index in [4.69, 9.17) is 9.47 Å². The van der Waals surface area contributed by atoms with Crippen LogP contribution in [0.3, 0.4) is 0 Å². The van der Waals surface area contributed by atoms with Crippen LogP contribution in [0.4, 0.5) is 0 Å². The first kappa shape index (κ1) is 17.9. The molecule has 0 N–H and O–H groups in total. The molecule has 1 aromatic rings. The Bertz CT molecular complexity index is 534. The summed E-state index contributed by atoms with van der Waals surface area (Å²) in [5.74, 6) is 0.0194. The Morgan fingerprint density at radius 1 is 1.54 bits per heavy atom. The van der Waals surface area contributed by atoms with Crippen LogP contribution in [-0.4, -0.2) is 68.8 Å². The maximum atomic E-state index is 11.8. The molecule has 0 saturated carbocycles. The zero-order valence-corrected chi connectivity index (χ0v) is 15.5. The summed E-state index contributed by atoms with van der Waals surface area (Å²) in [7, 11) is 3.53. The Hall–Kier alpha value is -0.950. The minimum Gasteiger partial charge on any atom is -0.377 e. The fourth-order valence-electron chi connectivity index (χ4n) is 3.82. The predicted octanol–water partition coefficient (Wildman–Crippen LogP) is 2.22. The molecule has 0 radical (unpaired) electrons. The molecule has 2 saturated heterocycles. The molecule has 6 heteroatoms. The largest absolute Gasteiger partial charge is 0.377 e. The molecule has 3 heterocycles. The topological polar surface area (TPSA) is 42.0 Å². The van der Waals surface area contributed by atoms with E-state index in [9.17, 15) is 4.79 Å². The highest BCUT2D eigenvalue weighted by Crippen LogP contribution is 2.41. The Kier molecular flexibility index (Phi) is 5.92. The Balaban J connectivity index is 1.62. The normalized spacial score (nSPS) is 27.7. The van der Waals surface area contributed by atoms with E-state index in [1.165, 1.54) is 4.88 Å². The highest BCUT2D eigenvalue weighted by Gasteiger charge is 2.46. The summed E-state index contributed by atoms with van der Waals surface area (Å²) in [5.41, 5.74) is 0.0281. The van der Waals surface area contributed by atoms with E-state index in [2.05, 4.69) is 22.4 Å². The maximum absolute atomic E-state index is 11.8. The summed E-state index contributed by atoms with van der Waals surface area (Å²) >= 11 is 1.82. The summed E-state index contributed by atoms with van der Waals surface area (Å²) in [4.78, 5) is 17.3. The molecule has 3 rings (SSSR count). The van der Waals surface area contributed by atoms with Gasteiger partial charge in [-0.25, -0.2) is 0 Å².